The van der Waals surface area contributed by atoms with Crippen LogP contribution in [-0.4, -0.2) is 23.8 Å². The molecule has 0 fully saturated rings. The standard InChI is InChI=1S/C11H25NO/c1-9(2)6-5-7-10(3)12-8-11(4)13/h9-13H,5-8H2,1-4H3. The van der Waals surface area contributed by atoms with Gasteiger partial charge in [0, 0.05) is 12.6 Å². The second kappa shape index (κ2) is 7.34. The van der Waals surface area contributed by atoms with Crippen LogP contribution in [-0.2, 0) is 0 Å². The molecule has 0 spiro atoms. The van der Waals surface area contributed by atoms with Crippen molar-refractivity contribution in [3.8, 4) is 0 Å². The molecule has 0 rings (SSSR count). The number of nitrogens with one attached hydrogen (secondary N) is 1. The van der Waals surface area contributed by atoms with E-state index in [2.05, 4.69) is 26.1 Å². The molecule has 0 aliphatic heterocycles. The quantitative estimate of drug-likeness (QED) is 0.640. The Hall–Kier alpha value is -0.0800. The molecule has 80 valence electrons. The van der Waals surface area contributed by atoms with Gasteiger partial charge >= 0.3 is 0 Å². The largest absolute Gasteiger partial charge is 0.392 e. The van der Waals surface area contributed by atoms with E-state index in [0.29, 0.717) is 12.6 Å². The molecule has 0 radical (unpaired) electrons. The predicted molar refractivity (Wildman–Crippen MR) is 57.8 cm³/mol. The van der Waals surface area contributed by atoms with Gasteiger partial charge in [-0.1, -0.05) is 26.7 Å². The number of hydrogen-bond donors (Lipinski definition) is 2. The summed E-state index contributed by atoms with van der Waals surface area (Å²) in [6.07, 6.45) is 3.57. The highest BCUT2D eigenvalue weighted by molar-refractivity contribution is 4.63. The predicted octanol–water partition coefficient (Wildman–Crippen LogP) is 2.17. The highest BCUT2D eigenvalue weighted by Gasteiger charge is 2.03. The molecular formula is C11H25NO. The summed E-state index contributed by atoms with van der Waals surface area (Å²) in [6, 6.07) is 0.536. The summed E-state index contributed by atoms with van der Waals surface area (Å²) in [5.41, 5.74) is 0. The molecule has 2 unspecified atom stereocenters. The maximum absolute atomic E-state index is 9.05. The van der Waals surface area contributed by atoms with Crippen LogP contribution >= 0.6 is 0 Å². The Morgan fingerprint density at radius 2 is 1.69 bits per heavy atom. The van der Waals surface area contributed by atoms with E-state index in [9.17, 15) is 0 Å². The van der Waals surface area contributed by atoms with Gasteiger partial charge in [-0.05, 0) is 26.2 Å². The minimum Gasteiger partial charge on any atom is -0.392 e. The van der Waals surface area contributed by atoms with Gasteiger partial charge in [0.15, 0.2) is 0 Å². The van der Waals surface area contributed by atoms with Crippen LogP contribution in [0.25, 0.3) is 0 Å². The van der Waals surface area contributed by atoms with Crippen LogP contribution in [0.1, 0.15) is 47.0 Å². The van der Waals surface area contributed by atoms with Crippen molar-refractivity contribution in [2.24, 2.45) is 5.92 Å². The lowest BCUT2D eigenvalue weighted by Gasteiger charge is -2.15. The first kappa shape index (κ1) is 12.9. The second-order valence-electron chi connectivity index (χ2n) is 4.48. The Bertz CT molecular complexity index is 113. The van der Waals surface area contributed by atoms with Crippen LogP contribution in [0.3, 0.4) is 0 Å². The zero-order chi connectivity index (χ0) is 10.3. The number of rotatable bonds is 7. The van der Waals surface area contributed by atoms with Crippen LogP contribution in [0.2, 0.25) is 0 Å². The molecule has 0 aliphatic rings. The first-order valence-electron chi connectivity index (χ1n) is 5.43. The first-order valence-corrected chi connectivity index (χ1v) is 5.43. The van der Waals surface area contributed by atoms with Gasteiger partial charge in [-0.25, -0.2) is 0 Å². The molecule has 0 saturated carbocycles. The van der Waals surface area contributed by atoms with Gasteiger partial charge in [0.1, 0.15) is 0 Å². The van der Waals surface area contributed by atoms with Crippen molar-refractivity contribution in [2.75, 3.05) is 6.54 Å². The van der Waals surface area contributed by atoms with Crippen LogP contribution in [0, 0.1) is 5.92 Å². The Morgan fingerprint density at radius 3 is 2.15 bits per heavy atom. The summed E-state index contributed by atoms with van der Waals surface area (Å²) in [5.74, 6) is 0.809. The van der Waals surface area contributed by atoms with Gasteiger partial charge in [0.05, 0.1) is 6.10 Å². The van der Waals surface area contributed by atoms with E-state index < -0.39 is 0 Å². The molecule has 0 heterocycles. The summed E-state index contributed by atoms with van der Waals surface area (Å²) in [7, 11) is 0. The maximum atomic E-state index is 9.05. The smallest absolute Gasteiger partial charge is 0.0636 e. The fourth-order valence-electron chi connectivity index (χ4n) is 1.31. The molecule has 2 heteroatoms. The van der Waals surface area contributed by atoms with Crippen molar-refractivity contribution < 1.29 is 5.11 Å². The lowest BCUT2D eigenvalue weighted by Crippen LogP contribution is -2.32. The lowest BCUT2D eigenvalue weighted by atomic mass is 10.0. The third kappa shape index (κ3) is 9.84. The number of aliphatic hydroxyl groups excluding tert-OH is 1. The summed E-state index contributed by atoms with van der Waals surface area (Å²) < 4.78 is 0. The third-order valence-corrected chi connectivity index (χ3v) is 2.18. The van der Waals surface area contributed by atoms with Crippen molar-refractivity contribution in [2.45, 2.75) is 59.1 Å². The fraction of sp³-hybridized carbons (Fsp3) is 1.00. The minimum absolute atomic E-state index is 0.229. The summed E-state index contributed by atoms with van der Waals surface area (Å²) >= 11 is 0. The number of aliphatic hydroxyl groups is 1. The average Bonchev–Trinajstić information content (AvgIpc) is 2.00. The molecular weight excluding hydrogens is 162 g/mol. The van der Waals surface area contributed by atoms with Crippen molar-refractivity contribution in [1.29, 1.82) is 0 Å². The van der Waals surface area contributed by atoms with Crippen molar-refractivity contribution in [3.05, 3.63) is 0 Å². The van der Waals surface area contributed by atoms with E-state index in [1.54, 1.807) is 0 Å². The van der Waals surface area contributed by atoms with Gasteiger partial charge in [-0.15, -0.1) is 0 Å². The molecule has 0 aromatic heterocycles. The van der Waals surface area contributed by atoms with Gasteiger partial charge in [0.25, 0.3) is 0 Å². The highest BCUT2D eigenvalue weighted by Crippen LogP contribution is 2.07. The molecule has 13 heavy (non-hydrogen) atoms. The molecule has 0 bridgehead atoms. The van der Waals surface area contributed by atoms with Crippen molar-refractivity contribution in [1.82, 2.24) is 5.32 Å². The molecule has 2 nitrogen and oxygen atoms in total. The molecule has 2 atom stereocenters. The Balaban J connectivity index is 3.25. The Kier molecular flexibility index (Phi) is 7.29. The topological polar surface area (TPSA) is 32.3 Å². The van der Waals surface area contributed by atoms with Gasteiger partial charge in [-0.2, -0.15) is 0 Å². The summed E-state index contributed by atoms with van der Waals surface area (Å²) in [5, 5.41) is 12.4. The molecule has 0 aromatic carbocycles. The zero-order valence-electron chi connectivity index (χ0n) is 9.51. The van der Waals surface area contributed by atoms with Crippen LogP contribution in [0.4, 0.5) is 0 Å². The van der Waals surface area contributed by atoms with E-state index in [4.69, 9.17) is 5.11 Å². The summed E-state index contributed by atoms with van der Waals surface area (Å²) in [4.78, 5) is 0. The second-order valence-corrected chi connectivity index (χ2v) is 4.48. The fourth-order valence-corrected chi connectivity index (χ4v) is 1.31. The monoisotopic (exact) mass is 187 g/mol. The average molecular weight is 187 g/mol. The summed E-state index contributed by atoms with van der Waals surface area (Å²) in [6.45, 7) is 9.22. The van der Waals surface area contributed by atoms with E-state index >= 15 is 0 Å². The van der Waals surface area contributed by atoms with Crippen molar-refractivity contribution >= 4 is 0 Å². The zero-order valence-corrected chi connectivity index (χ0v) is 9.51. The minimum atomic E-state index is -0.229. The lowest BCUT2D eigenvalue weighted by molar-refractivity contribution is 0.186. The number of hydrogen-bond acceptors (Lipinski definition) is 2. The molecule has 0 saturated heterocycles. The maximum Gasteiger partial charge on any atom is 0.0636 e. The Morgan fingerprint density at radius 1 is 1.08 bits per heavy atom. The van der Waals surface area contributed by atoms with E-state index in [0.717, 1.165) is 5.92 Å². The molecule has 0 amide bonds. The first-order chi connectivity index (χ1) is 6.02. The van der Waals surface area contributed by atoms with Gasteiger partial charge in [-0.3, -0.25) is 0 Å². The molecule has 0 aliphatic carbocycles. The van der Waals surface area contributed by atoms with E-state index in [1.165, 1.54) is 19.3 Å². The highest BCUT2D eigenvalue weighted by atomic mass is 16.3. The van der Waals surface area contributed by atoms with Crippen LogP contribution in [0.15, 0.2) is 0 Å². The normalized spacial score (nSPS) is 16.2. The van der Waals surface area contributed by atoms with Crippen LogP contribution < -0.4 is 5.32 Å². The van der Waals surface area contributed by atoms with Gasteiger partial charge in [0.2, 0.25) is 0 Å². The van der Waals surface area contributed by atoms with Gasteiger partial charge < -0.3 is 10.4 Å². The molecule has 2 N–H and O–H groups in total. The third-order valence-electron chi connectivity index (χ3n) is 2.18. The Labute approximate surface area is 82.7 Å². The van der Waals surface area contributed by atoms with E-state index in [-0.39, 0.29) is 6.10 Å². The van der Waals surface area contributed by atoms with Crippen LogP contribution in [0.5, 0.6) is 0 Å². The SMILES string of the molecule is CC(C)CCCC(C)NCC(C)O. The van der Waals surface area contributed by atoms with E-state index in [1.807, 2.05) is 6.92 Å². The van der Waals surface area contributed by atoms with Crippen molar-refractivity contribution in [3.63, 3.8) is 0 Å². The molecule has 0 aromatic rings.